The second kappa shape index (κ2) is 10.7. The molecule has 1 aromatic heterocycles. The smallest absolute Gasteiger partial charge is 0.342 e. The number of benzene rings is 3. The van der Waals surface area contributed by atoms with E-state index in [0.717, 1.165) is 22.9 Å². The maximum atomic E-state index is 13.0. The molecule has 3 aromatic carbocycles. The summed E-state index contributed by atoms with van der Waals surface area (Å²) in [6.45, 7) is 4.37. The molecular formula is C29H28F3N3O3S. The average Bonchev–Trinajstić information content (AvgIpc) is 3.31. The molecule has 0 spiro atoms. The fraction of sp³-hybridized carbons (Fsp3) is 0.241. The number of aryl methyl sites for hydroxylation is 1. The van der Waals surface area contributed by atoms with Crippen molar-refractivity contribution in [2.75, 3.05) is 12.8 Å². The Morgan fingerprint density at radius 3 is 2.33 bits per heavy atom. The van der Waals surface area contributed by atoms with Crippen LogP contribution >= 0.6 is 0 Å². The van der Waals surface area contributed by atoms with Gasteiger partial charge in [-0.3, -0.25) is 9.36 Å². The topological polar surface area (TPSA) is 81.1 Å². The first-order valence-electron chi connectivity index (χ1n) is 12.2. The molecule has 4 aromatic rings. The van der Waals surface area contributed by atoms with Gasteiger partial charge in [-0.05, 0) is 41.7 Å². The molecule has 6 nitrogen and oxygen atoms in total. The molecule has 0 aliphatic heterocycles. The Morgan fingerprint density at radius 2 is 1.69 bits per heavy atom. The highest BCUT2D eigenvalue weighted by molar-refractivity contribution is 7.90. The second-order valence-corrected chi connectivity index (χ2v) is 11.7. The zero-order valence-electron chi connectivity index (χ0n) is 21.9. The van der Waals surface area contributed by atoms with E-state index in [0.29, 0.717) is 11.1 Å². The summed E-state index contributed by atoms with van der Waals surface area (Å²) in [5, 5.41) is 1.84. The van der Waals surface area contributed by atoms with Crippen LogP contribution in [0.5, 0.6) is 0 Å². The zero-order valence-corrected chi connectivity index (χ0v) is 22.7. The van der Waals surface area contributed by atoms with Crippen LogP contribution in [-0.4, -0.2) is 42.9 Å². The van der Waals surface area contributed by atoms with Crippen molar-refractivity contribution in [2.45, 2.75) is 37.8 Å². The minimum Gasteiger partial charge on any atom is -0.342 e. The van der Waals surface area contributed by atoms with Gasteiger partial charge < -0.3 is 5.32 Å². The summed E-state index contributed by atoms with van der Waals surface area (Å²) in [4.78, 5) is 17.1. The van der Waals surface area contributed by atoms with Gasteiger partial charge >= 0.3 is 6.18 Å². The molecule has 1 N–H and O–H groups in total. The summed E-state index contributed by atoms with van der Waals surface area (Å²) in [7, 11) is -3.79. The quantitative estimate of drug-likeness (QED) is 0.289. The predicted molar refractivity (Wildman–Crippen MR) is 145 cm³/mol. The average molecular weight is 556 g/mol. The van der Waals surface area contributed by atoms with Gasteiger partial charge in [0, 0.05) is 18.0 Å². The number of halogens is 3. The Morgan fingerprint density at radius 1 is 1.00 bits per heavy atom. The number of sulfone groups is 1. The molecule has 0 saturated heterocycles. The summed E-state index contributed by atoms with van der Waals surface area (Å²) in [6, 6.07) is 19.9. The minimum atomic E-state index is -4.60. The highest BCUT2D eigenvalue weighted by Crippen LogP contribution is 2.34. The van der Waals surface area contributed by atoms with E-state index in [2.05, 4.69) is 4.98 Å². The van der Waals surface area contributed by atoms with E-state index in [9.17, 15) is 26.4 Å². The minimum absolute atomic E-state index is 0.00978. The molecule has 0 fully saturated rings. The van der Waals surface area contributed by atoms with Crippen LogP contribution in [-0.2, 0) is 9.84 Å². The molecule has 0 unspecified atom stereocenters. The van der Waals surface area contributed by atoms with Crippen LogP contribution in [0.15, 0.2) is 77.8 Å². The number of hydrogen-bond donors (Lipinski definition) is 1. The van der Waals surface area contributed by atoms with Crippen molar-refractivity contribution in [2.24, 2.45) is 0 Å². The first-order chi connectivity index (χ1) is 18.2. The normalized spacial score (nSPS) is 12.1. The SMILES string of the molecule is Cc1cccc(-c2ccc(-n3cc(C(=O)NCC(F)(F)F)nc3-c3ccccc3C(C)C)c(S(C)(=O)=O)c2)c1. The van der Waals surface area contributed by atoms with Crippen molar-refractivity contribution in [1.82, 2.24) is 14.9 Å². The fourth-order valence-electron chi connectivity index (χ4n) is 4.35. The van der Waals surface area contributed by atoms with Gasteiger partial charge in [0.15, 0.2) is 9.84 Å². The molecule has 1 amide bonds. The van der Waals surface area contributed by atoms with Gasteiger partial charge in [0.05, 0.1) is 10.6 Å². The molecule has 1 heterocycles. The van der Waals surface area contributed by atoms with E-state index in [1.165, 1.54) is 10.8 Å². The monoisotopic (exact) mass is 555 g/mol. The van der Waals surface area contributed by atoms with Crippen molar-refractivity contribution in [3.05, 3.63) is 89.7 Å². The third kappa shape index (κ3) is 6.39. The van der Waals surface area contributed by atoms with Crippen LogP contribution in [0.2, 0.25) is 0 Å². The van der Waals surface area contributed by atoms with Gasteiger partial charge in [-0.15, -0.1) is 0 Å². The Labute approximate surface area is 225 Å². The lowest BCUT2D eigenvalue weighted by molar-refractivity contribution is -0.123. The Bertz CT molecular complexity index is 1640. The Kier molecular flexibility index (Phi) is 7.70. The fourth-order valence-corrected chi connectivity index (χ4v) is 5.24. The molecule has 4 rings (SSSR count). The molecule has 10 heteroatoms. The van der Waals surface area contributed by atoms with E-state index in [1.807, 2.05) is 62.5 Å². The summed E-state index contributed by atoms with van der Waals surface area (Å²) in [5.41, 5.74) is 3.98. The Hall–Kier alpha value is -3.92. The number of hydrogen-bond acceptors (Lipinski definition) is 4. The standard InChI is InChI=1S/C29H28F3N3O3S/c1-18(2)22-10-5-6-11-23(22)27-34-24(28(36)33-17-29(30,31)32)16-35(27)25-13-12-21(15-26(25)39(4,37)38)20-9-7-8-19(3)14-20/h5-16,18H,17H2,1-4H3,(H,33,36). The van der Waals surface area contributed by atoms with E-state index in [1.54, 1.807) is 30.3 Å². The highest BCUT2D eigenvalue weighted by Gasteiger charge is 2.29. The zero-order chi connectivity index (χ0) is 28.5. The number of aromatic nitrogens is 2. The number of rotatable bonds is 7. The van der Waals surface area contributed by atoms with Gasteiger partial charge in [0.2, 0.25) is 0 Å². The summed E-state index contributed by atoms with van der Waals surface area (Å²) in [6.07, 6.45) is -2.24. The molecule has 0 bridgehead atoms. The number of imidazole rings is 1. The molecular weight excluding hydrogens is 527 g/mol. The summed E-state index contributed by atoms with van der Waals surface area (Å²) >= 11 is 0. The molecule has 39 heavy (non-hydrogen) atoms. The van der Waals surface area contributed by atoms with Gasteiger partial charge in [0.25, 0.3) is 5.91 Å². The molecule has 204 valence electrons. The maximum Gasteiger partial charge on any atom is 0.405 e. The third-order valence-corrected chi connectivity index (χ3v) is 7.31. The van der Waals surface area contributed by atoms with Gasteiger partial charge in [-0.1, -0.05) is 74.0 Å². The molecule has 0 radical (unpaired) electrons. The lowest BCUT2D eigenvalue weighted by atomic mass is 9.96. The number of carbonyl (C=O) groups is 1. The first-order valence-corrected chi connectivity index (χ1v) is 14.1. The predicted octanol–water partition coefficient (Wildman–Crippen LogP) is 6.33. The third-order valence-electron chi connectivity index (χ3n) is 6.18. The first kappa shape index (κ1) is 28.1. The van der Waals surface area contributed by atoms with Crippen LogP contribution in [0.4, 0.5) is 13.2 Å². The van der Waals surface area contributed by atoms with Crippen LogP contribution in [0.1, 0.15) is 41.4 Å². The molecule has 0 atom stereocenters. The van der Waals surface area contributed by atoms with Gasteiger partial charge in [-0.25, -0.2) is 13.4 Å². The molecule has 0 aliphatic carbocycles. The number of alkyl halides is 3. The van der Waals surface area contributed by atoms with E-state index < -0.39 is 28.5 Å². The number of carbonyl (C=O) groups excluding carboxylic acids is 1. The number of nitrogens with zero attached hydrogens (tertiary/aromatic N) is 2. The maximum absolute atomic E-state index is 13.0. The Balaban J connectivity index is 1.95. The largest absolute Gasteiger partial charge is 0.405 e. The number of nitrogens with one attached hydrogen (secondary N) is 1. The summed E-state index contributed by atoms with van der Waals surface area (Å²) in [5.74, 6) is -0.733. The van der Waals surface area contributed by atoms with Crippen LogP contribution in [0.25, 0.3) is 28.2 Å². The molecule has 0 aliphatic rings. The van der Waals surface area contributed by atoms with Crippen LogP contribution < -0.4 is 5.32 Å². The summed E-state index contributed by atoms with van der Waals surface area (Å²) < 4.78 is 65.8. The van der Waals surface area contributed by atoms with Crippen molar-refractivity contribution in [3.63, 3.8) is 0 Å². The van der Waals surface area contributed by atoms with Gasteiger partial charge in [-0.2, -0.15) is 13.2 Å². The highest BCUT2D eigenvalue weighted by atomic mass is 32.2. The second-order valence-electron chi connectivity index (χ2n) is 9.68. The van der Waals surface area contributed by atoms with Crippen molar-refractivity contribution in [3.8, 4) is 28.2 Å². The van der Waals surface area contributed by atoms with Crippen LogP contribution in [0.3, 0.4) is 0 Å². The van der Waals surface area contributed by atoms with E-state index >= 15 is 0 Å². The lowest BCUT2D eigenvalue weighted by Crippen LogP contribution is -2.33. The van der Waals surface area contributed by atoms with E-state index in [-0.39, 0.29) is 28.0 Å². The van der Waals surface area contributed by atoms with Gasteiger partial charge in [0.1, 0.15) is 18.1 Å². The molecule has 0 saturated carbocycles. The van der Waals surface area contributed by atoms with Crippen molar-refractivity contribution >= 4 is 15.7 Å². The number of amides is 1. The van der Waals surface area contributed by atoms with Crippen molar-refractivity contribution in [1.29, 1.82) is 0 Å². The van der Waals surface area contributed by atoms with E-state index in [4.69, 9.17) is 0 Å². The van der Waals surface area contributed by atoms with Crippen molar-refractivity contribution < 1.29 is 26.4 Å². The lowest BCUT2D eigenvalue weighted by Gasteiger charge is -2.17. The van der Waals surface area contributed by atoms with Crippen LogP contribution in [0, 0.1) is 6.92 Å².